The van der Waals surface area contributed by atoms with E-state index >= 15 is 0 Å². The molecule has 1 aromatic carbocycles. The molecule has 0 aliphatic carbocycles. The summed E-state index contributed by atoms with van der Waals surface area (Å²) in [6, 6.07) is 9.29. The van der Waals surface area contributed by atoms with Gasteiger partial charge in [-0.25, -0.2) is 8.42 Å². The Labute approximate surface area is 118 Å². The van der Waals surface area contributed by atoms with Crippen LogP contribution in [0.15, 0.2) is 46.0 Å². The van der Waals surface area contributed by atoms with Crippen LogP contribution in [0.3, 0.4) is 0 Å². The van der Waals surface area contributed by atoms with E-state index in [9.17, 15) is 8.42 Å². The van der Waals surface area contributed by atoms with Gasteiger partial charge < -0.3 is 5.32 Å². The van der Waals surface area contributed by atoms with Crippen molar-refractivity contribution in [1.82, 2.24) is 0 Å². The lowest BCUT2D eigenvalue weighted by Gasteiger charge is -2.17. The molecular formula is C14H17NO2S2. The van der Waals surface area contributed by atoms with Crippen LogP contribution in [-0.4, -0.2) is 20.7 Å². The van der Waals surface area contributed by atoms with E-state index in [1.165, 1.54) is 11.8 Å². The highest BCUT2D eigenvalue weighted by Gasteiger charge is 2.14. The van der Waals surface area contributed by atoms with Crippen molar-refractivity contribution in [1.29, 1.82) is 0 Å². The maximum atomic E-state index is 11.7. The Morgan fingerprint density at radius 3 is 2.63 bits per heavy atom. The van der Waals surface area contributed by atoms with E-state index in [0.717, 1.165) is 6.42 Å². The molecule has 1 atom stereocenters. The van der Waals surface area contributed by atoms with Crippen LogP contribution < -0.4 is 5.32 Å². The molecule has 3 nitrogen and oxygen atoms in total. The molecule has 1 aromatic heterocycles. The topological polar surface area (TPSA) is 46.2 Å². The van der Waals surface area contributed by atoms with Crippen molar-refractivity contribution >= 4 is 26.9 Å². The average Bonchev–Trinajstić information content (AvgIpc) is 2.81. The number of para-hydroxylation sites is 1. The number of nitrogens with one attached hydrogen (secondary N) is 1. The molecule has 0 spiro atoms. The minimum Gasteiger partial charge on any atom is -0.381 e. The van der Waals surface area contributed by atoms with Crippen molar-refractivity contribution in [2.24, 2.45) is 0 Å². The van der Waals surface area contributed by atoms with Crippen molar-refractivity contribution in [3.05, 3.63) is 46.7 Å². The van der Waals surface area contributed by atoms with Gasteiger partial charge >= 0.3 is 0 Å². The summed E-state index contributed by atoms with van der Waals surface area (Å²) < 4.78 is 23.4. The molecule has 5 heteroatoms. The van der Waals surface area contributed by atoms with Crippen LogP contribution in [0.1, 0.15) is 12.5 Å². The van der Waals surface area contributed by atoms with E-state index in [1.807, 2.05) is 11.4 Å². The predicted octanol–water partition coefficient (Wildman–Crippen LogP) is 3.19. The average molecular weight is 295 g/mol. The summed E-state index contributed by atoms with van der Waals surface area (Å²) in [6.45, 7) is 2.05. The van der Waals surface area contributed by atoms with Crippen LogP contribution >= 0.6 is 11.3 Å². The molecule has 0 amide bonds. The lowest BCUT2D eigenvalue weighted by Crippen LogP contribution is -2.19. The fourth-order valence-electron chi connectivity index (χ4n) is 1.99. The van der Waals surface area contributed by atoms with E-state index in [4.69, 9.17) is 0 Å². The van der Waals surface area contributed by atoms with Gasteiger partial charge in [-0.15, -0.1) is 0 Å². The zero-order chi connectivity index (χ0) is 13.9. The van der Waals surface area contributed by atoms with Crippen molar-refractivity contribution in [3.8, 4) is 0 Å². The second-order valence-electron chi connectivity index (χ2n) is 4.65. The zero-order valence-electron chi connectivity index (χ0n) is 11.0. The van der Waals surface area contributed by atoms with Gasteiger partial charge in [0.2, 0.25) is 0 Å². The predicted molar refractivity (Wildman–Crippen MR) is 80.7 cm³/mol. The molecule has 1 heterocycles. The summed E-state index contributed by atoms with van der Waals surface area (Å²) in [5.41, 5.74) is 1.94. The summed E-state index contributed by atoms with van der Waals surface area (Å²) in [6.07, 6.45) is 2.11. The van der Waals surface area contributed by atoms with Crippen molar-refractivity contribution in [2.75, 3.05) is 11.6 Å². The fraction of sp³-hybridized carbons (Fsp3) is 0.286. The number of sulfone groups is 1. The minimum atomic E-state index is -3.20. The standard InChI is InChI=1S/C14H17NO2S2/c1-11(9-12-7-8-18-10-12)15-13-5-3-4-6-14(13)19(2,16)17/h3-8,10-11,15H,9H2,1-2H3. The molecule has 102 valence electrons. The van der Waals surface area contributed by atoms with Gasteiger partial charge in [-0.3, -0.25) is 0 Å². The molecule has 1 unspecified atom stereocenters. The number of thiophene rings is 1. The highest BCUT2D eigenvalue weighted by molar-refractivity contribution is 7.90. The monoisotopic (exact) mass is 295 g/mol. The summed E-state index contributed by atoms with van der Waals surface area (Å²) in [7, 11) is -3.20. The molecule has 0 saturated carbocycles. The smallest absolute Gasteiger partial charge is 0.177 e. The first kappa shape index (κ1) is 14.1. The van der Waals surface area contributed by atoms with E-state index in [0.29, 0.717) is 10.6 Å². The molecule has 2 aromatic rings. The van der Waals surface area contributed by atoms with E-state index < -0.39 is 9.84 Å². The van der Waals surface area contributed by atoms with Crippen LogP contribution in [-0.2, 0) is 16.3 Å². The van der Waals surface area contributed by atoms with Gasteiger partial charge in [-0.2, -0.15) is 11.3 Å². The maximum Gasteiger partial charge on any atom is 0.177 e. The fourth-order valence-corrected chi connectivity index (χ4v) is 3.52. The highest BCUT2D eigenvalue weighted by Crippen LogP contribution is 2.22. The molecule has 0 bridgehead atoms. The van der Waals surface area contributed by atoms with Crippen LogP contribution in [0.2, 0.25) is 0 Å². The first-order chi connectivity index (χ1) is 8.97. The number of hydrogen-bond acceptors (Lipinski definition) is 4. The Bertz CT molecular complexity index is 633. The molecule has 1 N–H and O–H groups in total. The number of rotatable bonds is 5. The van der Waals surface area contributed by atoms with E-state index in [-0.39, 0.29) is 6.04 Å². The third-order valence-electron chi connectivity index (χ3n) is 2.81. The SMILES string of the molecule is CC(Cc1ccsc1)Nc1ccccc1S(C)(=O)=O. The van der Waals surface area contributed by atoms with Crippen LogP contribution in [0.5, 0.6) is 0 Å². The lowest BCUT2D eigenvalue weighted by molar-refractivity contribution is 0.602. The molecule has 0 aliphatic heterocycles. The molecule has 19 heavy (non-hydrogen) atoms. The van der Waals surface area contributed by atoms with Crippen molar-refractivity contribution in [3.63, 3.8) is 0 Å². The summed E-state index contributed by atoms with van der Waals surface area (Å²) in [5, 5.41) is 7.44. The third kappa shape index (κ3) is 3.81. The van der Waals surface area contributed by atoms with Gasteiger partial charge in [-0.1, -0.05) is 12.1 Å². The van der Waals surface area contributed by atoms with Gasteiger partial charge in [0.15, 0.2) is 9.84 Å². The Kier molecular flexibility index (Phi) is 4.27. The van der Waals surface area contributed by atoms with Gasteiger partial charge in [0.1, 0.15) is 0 Å². The third-order valence-corrected chi connectivity index (χ3v) is 4.70. The van der Waals surface area contributed by atoms with Gasteiger partial charge in [0, 0.05) is 12.3 Å². The first-order valence-corrected chi connectivity index (χ1v) is 8.87. The number of benzene rings is 1. The van der Waals surface area contributed by atoms with Gasteiger partial charge in [0.25, 0.3) is 0 Å². The molecule has 0 saturated heterocycles. The minimum absolute atomic E-state index is 0.178. The molecular weight excluding hydrogens is 278 g/mol. The molecule has 0 radical (unpaired) electrons. The summed E-state index contributed by atoms with van der Waals surface area (Å²) in [4.78, 5) is 0.354. The normalized spacial score (nSPS) is 13.2. The Hall–Kier alpha value is -1.33. The first-order valence-electron chi connectivity index (χ1n) is 6.03. The number of anilines is 1. The van der Waals surface area contributed by atoms with Crippen LogP contribution in [0.4, 0.5) is 5.69 Å². The Balaban J connectivity index is 2.15. The largest absolute Gasteiger partial charge is 0.381 e. The van der Waals surface area contributed by atoms with Crippen molar-refractivity contribution < 1.29 is 8.42 Å². The van der Waals surface area contributed by atoms with Gasteiger partial charge in [0.05, 0.1) is 10.6 Å². The second-order valence-corrected chi connectivity index (χ2v) is 7.41. The Morgan fingerprint density at radius 2 is 2.00 bits per heavy atom. The molecule has 2 rings (SSSR count). The molecule has 0 aliphatic rings. The van der Waals surface area contributed by atoms with Crippen molar-refractivity contribution in [2.45, 2.75) is 24.3 Å². The van der Waals surface area contributed by atoms with E-state index in [1.54, 1.807) is 29.5 Å². The zero-order valence-corrected chi connectivity index (χ0v) is 12.6. The van der Waals surface area contributed by atoms with Crippen LogP contribution in [0, 0.1) is 0 Å². The second kappa shape index (κ2) is 5.75. The maximum absolute atomic E-state index is 11.7. The highest BCUT2D eigenvalue weighted by atomic mass is 32.2. The Morgan fingerprint density at radius 1 is 1.26 bits per heavy atom. The molecule has 0 fully saturated rings. The quantitative estimate of drug-likeness (QED) is 0.921. The van der Waals surface area contributed by atoms with Crippen LogP contribution in [0.25, 0.3) is 0 Å². The summed E-state index contributed by atoms with van der Waals surface area (Å²) >= 11 is 1.67. The summed E-state index contributed by atoms with van der Waals surface area (Å²) in [5.74, 6) is 0. The number of hydrogen-bond donors (Lipinski definition) is 1. The van der Waals surface area contributed by atoms with E-state index in [2.05, 4.69) is 23.7 Å². The van der Waals surface area contributed by atoms with Gasteiger partial charge in [-0.05, 0) is 47.9 Å². The lowest BCUT2D eigenvalue weighted by atomic mass is 10.1.